The number of carbonyl (C=O) groups excluding carboxylic acids is 3. The number of imide groups is 1. The molecule has 0 radical (unpaired) electrons. The first-order chi connectivity index (χ1) is 14.1. The average Bonchev–Trinajstić information content (AvgIpc) is 2.97. The molecule has 1 heterocycles. The van der Waals surface area contributed by atoms with Gasteiger partial charge in [0.2, 0.25) is 5.91 Å². The number of benzene rings is 1. The van der Waals surface area contributed by atoms with Crippen molar-refractivity contribution in [3.05, 3.63) is 47.2 Å². The average molecular weight is 396 g/mol. The van der Waals surface area contributed by atoms with Gasteiger partial charge in [0.05, 0.1) is 0 Å². The zero-order valence-electron chi connectivity index (χ0n) is 17.1. The van der Waals surface area contributed by atoms with Crippen LogP contribution in [0.3, 0.4) is 0 Å². The summed E-state index contributed by atoms with van der Waals surface area (Å²) in [5, 5.41) is 2.93. The molecule has 0 unspecified atom stereocenters. The number of allylic oxidation sites excluding steroid dienone is 2. The largest absolute Gasteiger partial charge is 0.325 e. The van der Waals surface area contributed by atoms with Gasteiger partial charge < -0.3 is 10.2 Å². The fraction of sp³-hybridized carbons (Fsp3) is 0.522. The van der Waals surface area contributed by atoms with E-state index in [4.69, 9.17) is 0 Å². The number of urea groups is 1. The summed E-state index contributed by atoms with van der Waals surface area (Å²) in [6.07, 6.45) is 9.34. The van der Waals surface area contributed by atoms with Crippen molar-refractivity contribution in [3.8, 4) is 0 Å². The maximum Gasteiger partial charge on any atom is 0.325 e. The Kier molecular flexibility index (Phi) is 5.43. The van der Waals surface area contributed by atoms with E-state index in [1.807, 2.05) is 31.2 Å². The number of aryl methyl sites for hydroxylation is 1. The zero-order valence-corrected chi connectivity index (χ0v) is 17.1. The van der Waals surface area contributed by atoms with Gasteiger partial charge in [-0.05, 0) is 62.5 Å². The fourth-order valence-electron chi connectivity index (χ4n) is 4.89. The van der Waals surface area contributed by atoms with Crippen LogP contribution >= 0.6 is 0 Å². The molecule has 1 aromatic rings. The van der Waals surface area contributed by atoms with Gasteiger partial charge >= 0.3 is 6.03 Å². The minimum atomic E-state index is -1.02. The molecule has 0 saturated carbocycles. The lowest BCUT2D eigenvalue weighted by atomic mass is 9.76. The maximum atomic E-state index is 13.4. The Labute approximate surface area is 171 Å². The van der Waals surface area contributed by atoms with Gasteiger partial charge in [-0.15, -0.1) is 0 Å². The van der Waals surface area contributed by atoms with Crippen LogP contribution in [0.1, 0.15) is 63.0 Å². The van der Waals surface area contributed by atoms with Crippen molar-refractivity contribution in [2.75, 3.05) is 13.1 Å². The number of nitrogens with one attached hydrogen (secondary N) is 1. The van der Waals surface area contributed by atoms with Crippen molar-refractivity contribution in [2.45, 2.75) is 63.8 Å². The molecule has 4 amide bonds. The van der Waals surface area contributed by atoms with E-state index in [0.29, 0.717) is 13.0 Å². The smallest absolute Gasteiger partial charge is 0.319 e. The van der Waals surface area contributed by atoms with Crippen LogP contribution in [0.2, 0.25) is 0 Å². The number of nitrogens with zero attached hydrogens (tertiary/aromatic N) is 2. The first-order valence-corrected chi connectivity index (χ1v) is 10.8. The summed E-state index contributed by atoms with van der Waals surface area (Å²) in [7, 11) is 0. The molecule has 6 nitrogen and oxygen atoms in total. The van der Waals surface area contributed by atoms with Gasteiger partial charge in [0.15, 0.2) is 0 Å². The van der Waals surface area contributed by atoms with Crippen LogP contribution < -0.4 is 5.32 Å². The first-order valence-electron chi connectivity index (χ1n) is 10.8. The van der Waals surface area contributed by atoms with Gasteiger partial charge in [0.25, 0.3) is 5.91 Å². The Hall–Kier alpha value is -2.63. The number of rotatable bonds is 5. The van der Waals surface area contributed by atoms with Crippen molar-refractivity contribution in [2.24, 2.45) is 0 Å². The second-order valence-electron chi connectivity index (χ2n) is 8.22. The highest BCUT2D eigenvalue weighted by atomic mass is 16.2. The molecule has 0 aromatic heterocycles. The molecule has 1 aliphatic heterocycles. The fourth-order valence-corrected chi connectivity index (χ4v) is 4.89. The molecule has 1 atom stereocenters. The molecule has 1 saturated heterocycles. The molecular weight excluding hydrogens is 366 g/mol. The van der Waals surface area contributed by atoms with Crippen LogP contribution in [0.4, 0.5) is 4.79 Å². The minimum Gasteiger partial charge on any atom is -0.319 e. The van der Waals surface area contributed by atoms with E-state index in [2.05, 4.69) is 11.4 Å². The maximum absolute atomic E-state index is 13.4. The van der Waals surface area contributed by atoms with Crippen molar-refractivity contribution in [1.29, 1.82) is 0 Å². The third kappa shape index (κ3) is 3.45. The molecule has 29 heavy (non-hydrogen) atoms. The predicted octanol–water partition coefficient (Wildman–Crippen LogP) is 3.47. The molecule has 1 aromatic carbocycles. The number of hydrogen-bond donors (Lipinski definition) is 1. The standard InChI is InChI=1S/C23H29N3O3/c1-2-15-25(18-11-4-3-5-12-18)20(27)16-26-21(28)23(24-22(26)29)14-8-10-17-9-6-7-13-19(17)23/h6-7,9,11,13H,2-5,8,10,12,14-16H2,1H3,(H,24,29)/t23-/m1/s1. The van der Waals surface area contributed by atoms with Crippen LogP contribution in [0.15, 0.2) is 36.0 Å². The number of fused-ring (bicyclic) bond motifs is 2. The van der Waals surface area contributed by atoms with Gasteiger partial charge in [0, 0.05) is 12.2 Å². The molecule has 4 rings (SSSR count). The number of amides is 4. The minimum absolute atomic E-state index is 0.176. The highest BCUT2D eigenvalue weighted by Crippen LogP contribution is 2.39. The molecule has 0 bridgehead atoms. The lowest BCUT2D eigenvalue weighted by Gasteiger charge is -2.33. The van der Waals surface area contributed by atoms with E-state index < -0.39 is 11.6 Å². The summed E-state index contributed by atoms with van der Waals surface area (Å²) in [5.74, 6) is -0.471. The Balaban J connectivity index is 1.57. The molecule has 3 aliphatic rings. The van der Waals surface area contributed by atoms with Crippen LogP contribution in [-0.4, -0.2) is 40.7 Å². The van der Waals surface area contributed by atoms with Crippen molar-refractivity contribution in [1.82, 2.24) is 15.1 Å². The third-order valence-corrected chi connectivity index (χ3v) is 6.31. The normalized spacial score (nSPS) is 23.6. The van der Waals surface area contributed by atoms with E-state index in [1.54, 1.807) is 4.90 Å². The second-order valence-corrected chi connectivity index (χ2v) is 8.22. The Morgan fingerprint density at radius 2 is 2.00 bits per heavy atom. The first kappa shape index (κ1) is 19.7. The van der Waals surface area contributed by atoms with Crippen LogP contribution in [0.25, 0.3) is 0 Å². The highest BCUT2D eigenvalue weighted by molar-refractivity contribution is 6.09. The summed E-state index contributed by atoms with van der Waals surface area (Å²) < 4.78 is 0. The SMILES string of the molecule is CCCN(C(=O)CN1C(=O)N[C@@]2(CCCc3ccccc32)C1=O)C1=CCCCC1. The lowest BCUT2D eigenvalue weighted by molar-refractivity contribution is -0.138. The van der Waals surface area contributed by atoms with E-state index in [1.165, 1.54) is 0 Å². The molecular formula is C23H29N3O3. The molecule has 6 heteroatoms. The summed E-state index contributed by atoms with van der Waals surface area (Å²) >= 11 is 0. The highest BCUT2D eigenvalue weighted by Gasteiger charge is 2.54. The Morgan fingerprint density at radius 1 is 1.17 bits per heavy atom. The molecule has 1 spiro atoms. The number of hydrogen-bond acceptors (Lipinski definition) is 3. The molecule has 2 aliphatic carbocycles. The van der Waals surface area contributed by atoms with Gasteiger partial charge in [-0.25, -0.2) is 4.79 Å². The van der Waals surface area contributed by atoms with E-state index in [9.17, 15) is 14.4 Å². The molecule has 1 N–H and O–H groups in total. The van der Waals surface area contributed by atoms with Crippen LogP contribution in [0, 0.1) is 0 Å². The van der Waals surface area contributed by atoms with Crippen molar-refractivity contribution < 1.29 is 14.4 Å². The summed E-state index contributed by atoms with van der Waals surface area (Å²) in [6, 6.07) is 7.34. The third-order valence-electron chi connectivity index (χ3n) is 6.31. The van der Waals surface area contributed by atoms with Crippen molar-refractivity contribution in [3.63, 3.8) is 0 Å². The van der Waals surface area contributed by atoms with E-state index >= 15 is 0 Å². The monoisotopic (exact) mass is 395 g/mol. The van der Waals surface area contributed by atoms with Crippen LogP contribution in [0.5, 0.6) is 0 Å². The lowest BCUT2D eigenvalue weighted by Crippen LogP contribution is -2.47. The van der Waals surface area contributed by atoms with E-state index in [0.717, 1.165) is 66.7 Å². The van der Waals surface area contributed by atoms with Crippen LogP contribution in [-0.2, 0) is 21.5 Å². The summed E-state index contributed by atoms with van der Waals surface area (Å²) in [5.41, 5.74) is 1.99. The summed E-state index contributed by atoms with van der Waals surface area (Å²) in [6.45, 7) is 2.44. The zero-order chi connectivity index (χ0) is 20.4. The van der Waals surface area contributed by atoms with Gasteiger partial charge in [0.1, 0.15) is 12.1 Å². The molecule has 154 valence electrons. The Bertz CT molecular complexity index is 863. The van der Waals surface area contributed by atoms with Gasteiger partial charge in [-0.1, -0.05) is 37.3 Å². The topological polar surface area (TPSA) is 69.7 Å². The van der Waals surface area contributed by atoms with E-state index in [-0.39, 0.29) is 18.4 Å². The predicted molar refractivity (Wildman–Crippen MR) is 110 cm³/mol. The van der Waals surface area contributed by atoms with Gasteiger partial charge in [-0.2, -0.15) is 0 Å². The Morgan fingerprint density at radius 3 is 2.76 bits per heavy atom. The number of carbonyl (C=O) groups is 3. The van der Waals surface area contributed by atoms with Crippen molar-refractivity contribution >= 4 is 17.8 Å². The summed E-state index contributed by atoms with van der Waals surface area (Å²) in [4.78, 5) is 42.2. The quantitative estimate of drug-likeness (QED) is 0.776. The van der Waals surface area contributed by atoms with Gasteiger partial charge in [-0.3, -0.25) is 14.5 Å². The molecule has 1 fully saturated rings. The second kappa shape index (κ2) is 8.01.